The van der Waals surface area contributed by atoms with Crippen LogP contribution in [-0.4, -0.2) is 42.9 Å². The first-order valence-electron chi connectivity index (χ1n) is 9.84. The Morgan fingerprint density at radius 1 is 1.16 bits per heavy atom. The average Bonchev–Trinajstić information content (AvgIpc) is 3.52. The molecule has 0 aliphatic carbocycles. The SMILES string of the molecule is COc1ccc(C(C)C(=O)Nc2cc(N3CCC=N3)nc(-c3ccco3)n2)cc1OC. The van der Waals surface area contributed by atoms with Crippen LogP contribution in [-0.2, 0) is 4.79 Å². The van der Waals surface area contributed by atoms with Crippen LogP contribution >= 0.6 is 0 Å². The van der Waals surface area contributed by atoms with Gasteiger partial charge in [0.1, 0.15) is 5.82 Å². The van der Waals surface area contributed by atoms with Gasteiger partial charge in [0.05, 0.1) is 26.4 Å². The summed E-state index contributed by atoms with van der Waals surface area (Å²) in [6.07, 6.45) is 4.21. The van der Waals surface area contributed by atoms with Crippen LogP contribution < -0.4 is 19.8 Å². The van der Waals surface area contributed by atoms with Gasteiger partial charge >= 0.3 is 0 Å². The molecule has 9 nitrogen and oxygen atoms in total. The maximum Gasteiger partial charge on any atom is 0.232 e. The Hall–Kier alpha value is -3.88. The van der Waals surface area contributed by atoms with E-state index in [1.165, 1.54) is 0 Å². The summed E-state index contributed by atoms with van der Waals surface area (Å²) < 4.78 is 16.1. The number of nitrogens with one attached hydrogen (secondary N) is 1. The van der Waals surface area contributed by atoms with Crippen molar-refractivity contribution in [1.82, 2.24) is 9.97 Å². The molecule has 9 heteroatoms. The second kappa shape index (κ2) is 8.86. The molecule has 4 rings (SSSR count). The highest BCUT2D eigenvalue weighted by atomic mass is 16.5. The van der Waals surface area contributed by atoms with Crippen LogP contribution in [0.3, 0.4) is 0 Å². The quantitative estimate of drug-likeness (QED) is 0.621. The van der Waals surface area contributed by atoms with Gasteiger partial charge in [0.2, 0.25) is 5.91 Å². The molecule has 0 saturated carbocycles. The third kappa shape index (κ3) is 4.35. The Balaban J connectivity index is 1.60. The minimum Gasteiger partial charge on any atom is -0.493 e. The van der Waals surface area contributed by atoms with Crippen molar-refractivity contribution in [3.8, 4) is 23.1 Å². The van der Waals surface area contributed by atoms with Gasteiger partial charge in [-0.2, -0.15) is 5.10 Å². The number of hydrogen-bond donors (Lipinski definition) is 1. The largest absolute Gasteiger partial charge is 0.493 e. The molecule has 1 aliphatic heterocycles. The molecule has 31 heavy (non-hydrogen) atoms. The molecule has 1 aliphatic rings. The van der Waals surface area contributed by atoms with E-state index in [0.29, 0.717) is 41.3 Å². The Bertz CT molecular complexity index is 1100. The number of anilines is 2. The molecular weight excluding hydrogens is 398 g/mol. The second-order valence-corrected chi connectivity index (χ2v) is 6.95. The summed E-state index contributed by atoms with van der Waals surface area (Å²) in [5.74, 6) is 2.35. The predicted octanol–water partition coefficient (Wildman–Crippen LogP) is 3.69. The lowest BCUT2D eigenvalue weighted by Gasteiger charge is -2.17. The first kappa shape index (κ1) is 20.4. The minimum atomic E-state index is -0.449. The van der Waals surface area contributed by atoms with Gasteiger partial charge in [-0.15, -0.1) is 0 Å². The fourth-order valence-corrected chi connectivity index (χ4v) is 3.22. The van der Waals surface area contributed by atoms with Crippen LogP contribution in [0.15, 0.2) is 52.2 Å². The van der Waals surface area contributed by atoms with Crippen molar-refractivity contribution in [2.75, 3.05) is 31.1 Å². The summed E-state index contributed by atoms with van der Waals surface area (Å²) in [5, 5.41) is 8.97. The lowest BCUT2D eigenvalue weighted by molar-refractivity contribution is -0.117. The summed E-state index contributed by atoms with van der Waals surface area (Å²) in [7, 11) is 3.13. The lowest BCUT2D eigenvalue weighted by Crippen LogP contribution is -2.21. The molecule has 0 bridgehead atoms. The van der Waals surface area contributed by atoms with Crippen LogP contribution in [0.4, 0.5) is 11.6 Å². The Kier molecular flexibility index (Phi) is 5.83. The number of hydrazone groups is 1. The van der Waals surface area contributed by atoms with Crippen molar-refractivity contribution < 1.29 is 18.7 Å². The average molecular weight is 421 g/mol. The zero-order chi connectivity index (χ0) is 21.8. The van der Waals surface area contributed by atoms with Gasteiger partial charge in [0.15, 0.2) is 28.9 Å². The molecule has 1 atom stereocenters. The summed E-state index contributed by atoms with van der Waals surface area (Å²) in [6.45, 7) is 2.53. The van der Waals surface area contributed by atoms with Gasteiger partial charge in [-0.25, -0.2) is 15.0 Å². The van der Waals surface area contributed by atoms with E-state index in [-0.39, 0.29) is 5.91 Å². The maximum absolute atomic E-state index is 13.0. The number of rotatable bonds is 7. The molecule has 0 radical (unpaired) electrons. The number of carbonyl (C=O) groups excluding carboxylic acids is 1. The normalized spacial score (nSPS) is 13.8. The number of hydrogen-bond acceptors (Lipinski definition) is 8. The summed E-state index contributed by atoms with van der Waals surface area (Å²) >= 11 is 0. The number of aromatic nitrogens is 2. The zero-order valence-electron chi connectivity index (χ0n) is 17.5. The van der Waals surface area contributed by atoms with E-state index in [1.807, 2.05) is 19.2 Å². The molecule has 3 aromatic rings. The molecular formula is C22H23N5O4. The van der Waals surface area contributed by atoms with Crippen molar-refractivity contribution in [2.45, 2.75) is 19.3 Å². The number of nitrogens with zero attached hydrogens (tertiary/aromatic N) is 4. The van der Waals surface area contributed by atoms with Gasteiger partial charge < -0.3 is 19.2 Å². The Labute approximate surface area is 179 Å². The summed E-state index contributed by atoms with van der Waals surface area (Å²) in [4.78, 5) is 22.0. The molecule has 3 heterocycles. The van der Waals surface area contributed by atoms with Gasteiger partial charge in [-0.1, -0.05) is 6.07 Å². The highest BCUT2D eigenvalue weighted by Crippen LogP contribution is 2.31. The van der Waals surface area contributed by atoms with E-state index in [1.54, 1.807) is 55.8 Å². The smallest absolute Gasteiger partial charge is 0.232 e. The maximum atomic E-state index is 13.0. The van der Waals surface area contributed by atoms with Gasteiger partial charge in [0.25, 0.3) is 0 Å². The van der Waals surface area contributed by atoms with E-state index in [0.717, 1.165) is 12.0 Å². The molecule has 1 aromatic carbocycles. The number of methoxy groups -OCH3 is 2. The molecule has 2 aromatic heterocycles. The van der Waals surface area contributed by atoms with Crippen molar-refractivity contribution in [1.29, 1.82) is 0 Å². The molecule has 1 amide bonds. The second-order valence-electron chi connectivity index (χ2n) is 6.95. The van der Waals surface area contributed by atoms with Crippen molar-refractivity contribution in [3.63, 3.8) is 0 Å². The van der Waals surface area contributed by atoms with Gasteiger partial charge in [0, 0.05) is 25.2 Å². The lowest BCUT2D eigenvalue weighted by atomic mass is 10.00. The molecule has 0 spiro atoms. The number of benzene rings is 1. The van der Waals surface area contributed by atoms with Gasteiger partial charge in [-0.05, 0) is 36.8 Å². The van der Waals surface area contributed by atoms with Crippen molar-refractivity contribution >= 4 is 23.8 Å². The third-order valence-corrected chi connectivity index (χ3v) is 4.96. The van der Waals surface area contributed by atoms with Gasteiger partial charge in [-0.3, -0.25) is 4.79 Å². The number of ether oxygens (including phenoxy) is 2. The first-order chi connectivity index (χ1) is 15.1. The number of carbonyl (C=O) groups is 1. The van der Waals surface area contributed by atoms with Crippen LogP contribution in [0.25, 0.3) is 11.6 Å². The molecule has 0 fully saturated rings. The number of amides is 1. The Morgan fingerprint density at radius 3 is 2.68 bits per heavy atom. The van der Waals surface area contributed by atoms with E-state index in [4.69, 9.17) is 13.9 Å². The fraction of sp³-hybridized carbons (Fsp3) is 0.273. The monoisotopic (exact) mass is 421 g/mol. The van der Waals surface area contributed by atoms with Crippen LogP contribution in [0.2, 0.25) is 0 Å². The summed E-state index contributed by atoms with van der Waals surface area (Å²) in [5.41, 5.74) is 0.792. The Morgan fingerprint density at radius 2 is 2.00 bits per heavy atom. The summed E-state index contributed by atoms with van der Waals surface area (Å²) in [6, 6.07) is 10.6. The standard InChI is InChI=1S/C22H23N5O4/c1-14(15-7-8-16(29-2)18(12-15)30-3)22(28)25-19-13-20(27-10-5-9-23-27)26-21(24-19)17-6-4-11-31-17/h4,6-9,11-14H,5,10H2,1-3H3,(H,24,25,26,28). The van der Waals surface area contributed by atoms with Crippen LogP contribution in [0.1, 0.15) is 24.8 Å². The molecule has 1 unspecified atom stereocenters. The van der Waals surface area contributed by atoms with Crippen molar-refractivity contribution in [2.24, 2.45) is 5.10 Å². The number of furan rings is 1. The van der Waals surface area contributed by atoms with E-state index in [9.17, 15) is 4.79 Å². The van der Waals surface area contributed by atoms with E-state index in [2.05, 4.69) is 20.4 Å². The minimum absolute atomic E-state index is 0.216. The third-order valence-electron chi connectivity index (χ3n) is 4.96. The van der Waals surface area contributed by atoms with Crippen LogP contribution in [0, 0.1) is 0 Å². The predicted molar refractivity (Wildman–Crippen MR) is 117 cm³/mol. The van der Waals surface area contributed by atoms with Crippen molar-refractivity contribution in [3.05, 3.63) is 48.2 Å². The zero-order valence-corrected chi connectivity index (χ0v) is 17.5. The van der Waals surface area contributed by atoms with Crippen LogP contribution in [0.5, 0.6) is 11.5 Å². The fourth-order valence-electron chi connectivity index (χ4n) is 3.22. The molecule has 160 valence electrons. The highest BCUT2D eigenvalue weighted by molar-refractivity contribution is 5.95. The molecule has 0 saturated heterocycles. The first-order valence-corrected chi connectivity index (χ1v) is 9.84. The molecule has 1 N–H and O–H groups in total. The topological polar surface area (TPSA) is 102 Å². The highest BCUT2D eigenvalue weighted by Gasteiger charge is 2.21. The van der Waals surface area contributed by atoms with E-state index >= 15 is 0 Å². The van der Waals surface area contributed by atoms with E-state index < -0.39 is 5.92 Å².